The van der Waals surface area contributed by atoms with Crippen LogP contribution in [0.3, 0.4) is 0 Å². The predicted molar refractivity (Wildman–Crippen MR) is 73.8 cm³/mol. The topological polar surface area (TPSA) is 38.0 Å². The standard InChI is InChI=1S/C14H23ClN2O/c1-9-5-4-6-11(7-9)13(18)8-12-14(15)10(2)16-17(12)3/h9,11,13,18H,4-8H2,1-3H3. The lowest BCUT2D eigenvalue weighted by molar-refractivity contribution is 0.0705. The smallest absolute Gasteiger partial charge is 0.0847 e. The summed E-state index contributed by atoms with van der Waals surface area (Å²) in [7, 11) is 1.89. The molecule has 102 valence electrons. The zero-order valence-electron chi connectivity index (χ0n) is 11.5. The van der Waals surface area contributed by atoms with Gasteiger partial charge >= 0.3 is 0 Å². The van der Waals surface area contributed by atoms with E-state index in [1.54, 1.807) is 4.68 Å². The molecular formula is C14H23ClN2O. The second-order valence-electron chi connectivity index (χ2n) is 5.77. The minimum absolute atomic E-state index is 0.292. The highest BCUT2D eigenvalue weighted by atomic mass is 35.5. The summed E-state index contributed by atoms with van der Waals surface area (Å²) in [5.41, 5.74) is 1.80. The van der Waals surface area contributed by atoms with Gasteiger partial charge in [0, 0.05) is 13.5 Å². The Labute approximate surface area is 114 Å². The van der Waals surface area contributed by atoms with Gasteiger partial charge < -0.3 is 5.11 Å². The van der Waals surface area contributed by atoms with Crippen LogP contribution in [-0.2, 0) is 13.5 Å². The van der Waals surface area contributed by atoms with Crippen LogP contribution >= 0.6 is 11.6 Å². The molecule has 4 heteroatoms. The second-order valence-corrected chi connectivity index (χ2v) is 6.15. The lowest BCUT2D eigenvalue weighted by Crippen LogP contribution is -2.28. The molecule has 1 fully saturated rings. The summed E-state index contributed by atoms with van der Waals surface area (Å²) in [5.74, 6) is 1.15. The van der Waals surface area contributed by atoms with Gasteiger partial charge in [0.05, 0.1) is 22.5 Å². The molecule has 1 aromatic rings. The Morgan fingerprint density at radius 1 is 1.50 bits per heavy atom. The molecule has 0 bridgehead atoms. The Balaban J connectivity index is 2.04. The van der Waals surface area contributed by atoms with Crippen LogP contribution in [0.4, 0.5) is 0 Å². The summed E-state index contributed by atoms with van der Waals surface area (Å²) >= 11 is 6.23. The molecule has 3 nitrogen and oxygen atoms in total. The van der Waals surface area contributed by atoms with E-state index in [9.17, 15) is 5.11 Å². The van der Waals surface area contributed by atoms with E-state index >= 15 is 0 Å². The third-order valence-electron chi connectivity index (χ3n) is 4.19. The maximum atomic E-state index is 10.4. The average molecular weight is 271 g/mol. The van der Waals surface area contributed by atoms with Crippen molar-refractivity contribution in [1.29, 1.82) is 0 Å². The fraction of sp³-hybridized carbons (Fsp3) is 0.786. The van der Waals surface area contributed by atoms with Crippen molar-refractivity contribution in [3.8, 4) is 0 Å². The average Bonchev–Trinajstić information content (AvgIpc) is 2.56. The van der Waals surface area contributed by atoms with E-state index < -0.39 is 0 Å². The Hall–Kier alpha value is -0.540. The van der Waals surface area contributed by atoms with Gasteiger partial charge in [-0.05, 0) is 31.6 Å². The van der Waals surface area contributed by atoms with Crippen molar-refractivity contribution in [3.63, 3.8) is 0 Å². The number of hydrogen-bond acceptors (Lipinski definition) is 2. The molecule has 1 aliphatic carbocycles. The third-order valence-corrected chi connectivity index (χ3v) is 4.68. The van der Waals surface area contributed by atoms with E-state index in [2.05, 4.69) is 12.0 Å². The van der Waals surface area contributed by atoms with Crippen LogP contribution in [0, 0.1) is 18.8 Å². The van der Waals surface area contributed by atoms with Gasteiger partial charge in [-0.15, -0.1) is 0 Å². The molecule has 1 aliphatic rings. The first-order chi connectivity index (χ1) is 8.49. The molecule has 0 saturated heterocycles. The van der Waals surface area contributed by atoms with Crippen molar-refractivity contribution in [2.24, 2.45) is 18.9 Å². The summed E-state index contributed by atoms with van der Waals surface area (Å²) in [6.07, 6.45) is 5.14. The molecule has 0 spiro atoms. The van der Waals surface area contributed by atoms with Crippen LogP contribution in [0.2, 0.25) is 5.02 Å². The van der Waals surface area contributed by atoms with Gasteiger partial charge in [0.1, 0.15) is 0 Å². The van der Waals surface area contributed by atoms with Gasteiger partial charge in [-0.1, -0.05) is 31.4 Å². The van der Waals surface area contributed by atoms with Crippen LogP contribution in [0.5, 0.6) is 0 Å². The van der Waals surface area contributed by atoms with Crippen molar-refractivity contribution >= 4 is 11.6 Å². The summed E-state index contributed by atoms with van der Waals surface area (Å²) < 4.78 is 1.80. The highest BCUT2D eigenvalue weighted by Crippen LogP contribution is 2.32. The van der Waals surface area contributed by atoms with E-state index in [0.29, 0.717) is 17.4 Å². The Morgan fingerprint density at radius 3 is 2.78 bits per heavy atom. The third kappa shape index (κ3) is 2.89. The van der Waals surface area contributed by atoms with E-state index in [-0.39, 0.29) is 6.10 Å². The van der Waals surface area contributed by atoms with Crippen molar-refractivity contribution in [2.75, 3.05) is 0 Å². The van der Waals surface area contributed by atoms with Crippen molar-refractivity contribution in [2.45, 2.75) is 52.1 Å². The molecule has 3 atom stereocenters. The molecule has 0 aliphatic heterocycles. The molecular weight excluding hydrogens is 248 g/mol. The lowest BCUT2D eigenvalue weighted by atomic mass is 9.78. The van der Waals surface area contributed by atoms with Crippen LogP contribution in [0.15, 0.2) is 0 Å². The van der Waals surface area contributed by atoms with Crippen LogP contribution in [0.25, 0.3) is 0 Å². The second kappa shape index (κ2) is 5.62. The minimum Gasteiger partial charge on any atom is -0.392 e. The molecule has 0 radical (unpaired) electrons. The van der Waals surface area contributed by atoms with Crippen LogP contribution in [-0.4, -0.2) is 21.0 Å². The molecule has 0 aromatic carbocycles. The fourth-order valence-corrected chi connectivity index (χ4v) is 3.33. The number of aromatic nitrogens is 2. The largest absolute Gasteiger partial charge is 0.392 e. The number of halogens is 1. The number of nitrogens with zero attached hydrogens (tertiary/aromatic N) is 2. The molecule has 1 heterocycles. The monoisotopic (exact) mass is 270 g/mol. The van der Waals surface area contributed by atoms with Crippen LogP contribution < -0.4 is 0 Å². The first-order valence-corrected chi connectivity index (χ1v) is 7.23. The van der Waals surface area contributed by atoms with Gasteiger partial charge in [0.15, 0.2) is 0 Å². The van der Waals surface area contributed by atoms with Crippen LogP contribution in [0.1, 0.15) is 44.0 Å². The number of aliphatic hydroxyl groups excluding tert-OH is 1. The van der Waals surface area contributed by atoms with Gasteiger partial charge in [0.2, 0.25) is 0 Å². The number of rotatable bonds is 3. The van der Waals surface area contributed by atoms with E-state index in [1.165, 1.54) is 12.8 Å². The lowest BCUT2D eigenvalue weighted by Gasteiger charge is -2.30. The summed E-state index contributed by atoms with van der Waals surface area (Å²) in [6.45, 7) is 4.18. The van der Waals surface area contributed by atoms with Gasteiger partial charge in [-0.3, -0.25) is 4.68 Å². The van der Waals surface area contributed by atoms with Gasteiger partial charge in [-0.25, -0.2) is 0 Å². The quantitative estimate of drug-likeness (QED) is 0.916. The first kappa shape index (κ1) is 13.9. The summed E-state index contributed by atoms with van der Waals surface area (Å²) in [5, 5.41) is 15.4. The minimum atomic E-state index is -0.292. The molecule has 1 aromatic heterocycles. The van der Waals surface area contributed by atoms with Crippen molar-refractivity contribution in [1.82, 2.24) is 9.78 Å². The van der Waals surface area contributed by atoms with Gasteiger partial charge in [0.25, 0.3) is 0 Å². The van der Waals surface area contributed by atoms with Crippen molar-refractivity contribution in [3.05, 3.63) is 16.4 Å². The molecule has 0 amide bonds. The first-order valence-electron chi connectivity index (χ1n) is 6.85. The molecule has 18 heavy (non-hydrogen) atoms. The fourth-order valence-electron chi connectivity index (χ4n) is 3.10. The SMILES string of the molecule is Cc1nn(C)c(CC(O)C2CCCC(C)C2)c1Cl. The Morgan fingerprint density at radius 2 is 2.22 bits per heavy atom. The zero-order chi connectivity index (χ0) is 13.3. The normalized spacial score (nSPS) is 26.3. The van der Waals surface area contributed by atoms with Gasteiger partial charge in [-0.2, -0.15) is 5.10 Å². The van der Waals surface area contributed by atoms with E-state index in [4.69, 9.17) is 11.6 Å². The Kier molecular flexibility index (Phi) is 4.33. The van der Waals surface area contributed by atoms with Crippen molar-refractivity contribution < 1.29 is 5.11 Å². The molecule has 1 N–H and O–H groups in total. The molecule has 1 saturated carbocycles. The summed E-state index contributed by atoms with van der Waals surface area (Å²) in [6, 6.07) is 0. The zero-order valence-corrected chi connectivity index (χ0v) is 12.2. The number of aryl methyl sites for hydroxylation is 2. The van der Waals surface area contributed by atoms with E-state index in [0.717, 1.165) is 30.1 Å². The predicted octanol–water partition coefficient (Wildman–Crippen LogP) is 3.11. The summed E-state index contributed by atoms with van der Waals surface area (Å²) in [4.78, 5) is 0. The maximum Gasteiger partial charge on any atom is 0.0847 e. The maximum absolute atomic E-state index is 10.4. The number of hydrogen-bond donors (Lipinski definition) is 1. The highest BCUT2D eigenvalue weighted by Gasteiger charge is 2.27. The highest BCUT2D eigenvalue weighted by molar-refractivity contribution is 6.31. The Bertz CT molecular complexity index is 416. The molecule has 3 unspecified atom stereocenters. The number of aliphatic hydroxyl groups is 1. The molecule has 2 rings (SSSR count). The van der Waals surface area contributed by atoms with E-state index in [1.807, 2.05) is 14.0 Å².